The van der Waals surface area contributed by atoms with Gasteiger partial charge in [0.1, 0.15) is 0 Å². The van der Waals surface area contributed by atoms with Gasteiger partial charge < -0.3 is 10.2 Å². The van der Waals surface area contributed by atoms with E-state index >= 15 is 0 Å². The van der Waals surface area contributed by atoms with Crippen LogP contribution in [0.15, 0.2) is 18.2 Å². The Morgan fingerprint density at radius 2 is 2.00 bits per heavy atom. The van der Waals surface area contributed by atoms with Gasteiger partial charge in [-0.25, -0.2) is 0 Å². The van der Waals surface area contributed by atoms with Crippen LogP contribution in [-0.4, -0.2) is 19.6 Å². The molecule has 3 rings (SSSR count). The molecule has 104 valence electrons. The number of nitrogens with one attached hydrogen (secondary N) is 1. The SMILES string of the molecule is Cc1cc(N(C)CC2CCC2)ccc1CNC1CC1. The summed E-state index contributed by atoms with van der Waals surface area (Å²) in [5, 5.41) is 3.60. The van der Waals surface area contributed by atoms with Crippen molar-refractivity contribution in [3.63, 3.8) is 0 Å². The number of anilines is 1. The standard InChI is InChI=1S/C17H26N2/c1-13-10-17(19(2)12-14-4-3-5-14)9-6-15(13)11-18-16-7-8-16/h6,9-10,14,16,18H,3-5,7-8,11-12H2,1-2H3. The average molecular weight is 258 g/mol. The highest BCUT2D eigenvalue weighted by Gasteiger charge is 2.21. The quantitative estimate of drug-likeness (QED) is 0.840. The van der Waals surface area contributed by atoms with Crippen LogP contribution in [0.2, 0.25) is 0 Å². The predicted molar refractivity (Wildman–Crippen MR) is 81.7 cm³/mol. The van der Waals surface area contributed by atoms with Crippen molar-refractivity contribution in [1.82, 2.24) is 5.32 Å². The second kappa shape index (κ2) is 5.54. The first-order chi connectivity index (χ1) is 9.22. The van der Waals surface area contributed by atoms with Gasteiger partial charge in [-0.1, -0.05) is 12.5 Å². The Labute approximate surface area is 117 Å². The zero-order valence-corrected chi connectivity index (χ0v) is 12.3. The summed E-state index contributed by atoms with van der Waals surface area (Å²) in [6.07, 6.45) is 7.01. The van der Waals surface area contributed by atoms with E-state index in [1.807, 2.05) is 0 Å². The third-order valence-corrected chi connectivity index (χ3v) is 4.68. The molecule has 0 radical (unpaired) electrons. The first-order valence-corrected chi connectivity index (χ1v) is 7.76. The Hall–Kier alpha value is -1.02. The summed E-state index contributed by atoms with van der Waals surface area (Å²) >= 11 is 0. The highest BCUT2D eigenvalue weighted by atomic mass is 15.1. The summed E-state index contributed by atoms with van der Waals surface area (Å²) in [6.45, 7) is 4.49. The molecule has 0 aliphatic heterocycles. The molecule has 1 aromatic carbocycles. The first kappa shape index (κ1) is 13.0. The average Bonchev–Trinajstić information content (AvgIpc) is 3.16. The molecule has 2 aliphatic rings. The van der Waals surface area contributed by atoms with Crippen LogP contribution < -0.4 is 10.2 Å². The summed E-state index contributed by atoms with van der Waals surface area (Å²) in [4.78, 5) is 2.43. The third-order valence-electron chi connectivity index (χ3n) is 4.68. The Morgan fingerprint density at radius 3 is 2.58 bits per heavy atom. The minimum Gasteiger partial charge on any atom is -0.374 e. The summed E-state index contributed by atoms with van der Waals surface area (Å²) in [6, 6.07) is 7.73. The van der Waals surface area contributed by atoms with Gasteiger partial charge in [-0.3, -0.25) is 0 Å². The van der Waals surface area contributed by atoms with Crippen molar-refractivity contribution in [1.29, 1.82) is 0 Å². The Morgan fingerprint density at radius 1 is 1.21 bits per heavy atom. The van der Waals surface area contributed by atoms with Crippen molar-refractivity contribution >= 4 is 5.69 Å². The maximum Gasteiger partial charge on any atom is 0.0366 e. The van der Waals surface area contributed by atoms with E-state index in [0.29, 0.717) is 0 Å². The molecule has 0 spiro atoms. The molecule has 2 nitrogen and oxygen atoms in total. The highest BCUT2D eigenvalue weighted by molar-refractivity contribution is 5.50. The van der Waals surface area contributed by atoms with Crippen LogP contribution in [0.3, 0.4) is 0 Å². The topological polar surface area (TPSA) is 15.3 Å². The van der Waals surface area contributed by atoms with Crippen molar-refractivity contribution in [3.8, 4) is 0 Å². The van der Waals surface area contributed by atoms with Crippen molar-refractivity contribution in [2.75, 3.05) is 18.5 Å². The van der Waals surface area contributed by atoms with Gasteiger partial charge in [0.25, 0.3) is 0 Å². The Bertz CT molecular complexity index is 433. The zero-order chi connectivity index (χ0) is 13.2. The van der Waals surface area contributed by atoms with Crippen molar-refractivity contribution in [2.45, 2.75) is 51.6 Å². The highest BCUT2D eigenvalue weighted by Crippen LogP contribution is 2.29. The van der Waals surface area contributed by atoms with E-state index in [1.54, 1.807) is 0 Å². The van der Waals surface area contributed by atoms with Crippen LogP contribution in [-0.2, 0) is 6.54 Å². The smallest absolute Gasteiger partial charge is 0.0366 e. The lowest BCUT2D eigenvalue weighted by Gasteiger charge is -2.31. The molecule has 0 aromatic heterocycles. The molecule has 0 amide bonds. The van der Waals surface area contributed by atoms with Gasteiger partial charge in [-0.2, -0.15) is 0 Å². The molecule has 0 bridgehead atoms. The molecule has 2 heteroatoms. The largest absolute Gasteiger partial charge is 0.374 e. The zero-order valence-electron chi connectivity index (χ0n) is 12.3. The molecular formula is C17H26N2. The lowest BCUT2D eigenvalue weighted by Crippen LogP contribution is -2.29. The number of hydrogen-bond acceptors (Lipinski definition) is 2. The van der Waals surface area contributed by atoms with Crippen LogP contribution in [0.25, 0.3) is 0 Å². The van der Waals surface area contributed by atoms with Gasteiger partial charge in [0.15, 0.2) is 0 Å². The second-order valence-electron chi connectivity index (χ2n) is 6.44. The monoisotopic (exact) mass is 258 g/mol. The molecule has 19 heavy (non-hydrogen) atoms. The molecule has 2 fully saturated rings. The normalized spacial score (nSPS) is 19.3. The van der Waals surface area contributed by atoms with E-state index in [9.17, 15) is 0 Å². The summed E-state index contributed by atoms with van der Waals surface area (Å²) in [7, 11) is 2.23. The van der Waals surface area contributed by atoms with Gasteiger partial charge in [0.2, 0.25) is 0 Å². The van der Waals surface area contributed by atoms with E-state index in [1.165, 1.54) is 55.5 Å². The molecule has 1 aromatic rings. The van der Waals surface area contributed by atoms with Gasteiger partial charge in [0, 0.05) is 31.9 Å². The third kappa shape index (κ3) is 3.30. The van der Waals surface area contributed by atoms with Gasteiger partial charge >= 0.3 is 0 Å². The van der Waals surface area contributed by atoms with Crippen molar-refractivity contribution in [2.24, 2.45) is 5.92 Å². The van der Waals surface area contributed by atoms with Gasteiger partial charge in [-0.05, 0) is 61.8 Å². The van der Waals surface area contributed by atoms with Crippen molar-refractivity contribution < 1.29 is 0 Å². The fourth-order valence-corrected chi connectivity index (χ4v) is 2.83. The summed E-state index contributed by atoms with van der Waals surface area (Å²) < 4.78 is 0. The van der Waals surface area contributed by atoms with Crippen LogP contribution in [0, 0.1) is 12.8 Å². The second-order valence-corrected chi connectivity index (χ2v) is 6.44. The van der Waals surface area contributed by atoms with Crippen LogP contribution in [0.5, 0.6) is 0 Å². The van der Waals surface area contributed by atoms with E-state index in [4.69, 9.17) is 0 Å². The molecule has 2 aliphatic carbocycles. The fraction of sp³-hybridized carbons (Fsp3) is 0.647. The predicted octanol–water partition coefficient (Wildman–Crippen LogP) is 3.48. The molecule has 0 unspecified atom stereocenters. The molecule has 0 heterocycles. The van der Waals surface area contributed by atoms with E-state index in [2.05, 4.69) is 42.4 Å². The lowest BCUT2D eigenvalue weighted by molar-refractivity contribution is 0.321. The van der Waals surface area contributed by atoms with E-state index in [0.717, 1.165) is 18.5 Å². The number of rotatable bonds is 6. The Balaban J connectivity index is 1.59. The van der Waals surface area contributed by atoms with Crippen molar-refractivity contribution in [3.05, 3.63) is 29.3 Å². The van der Waals surface area contributed by atoms with Crippen LogP contribution in [0.4, 0.5) is 5.69 Å². The molecule has 0 saturated heterocycles. The maximum atomic E-state index is 3.60. The number of hydrogen-bond donors (Lipinski definition) is 1. The summed E-state index contributed by atoms with van der Waals surface area (Å²) in [5.41, 5.74) is 4.25. The fourth-order valence-electron chi connectivity index (χ4n) is 2.83. The number of aryl methyl sites for hydroxylation is 1. The molecular weight excluding hydrogens is 232 g/mol. The minimum absolute atomic E-state index is 0.792. The van der Waals surface area contributed by atoms with Gasteiger partial charge in [-0.15, -0.1) is 0 Å². The lowest BCUT2D eigenvalue weighted by atomic mass is 9.85. The Kier molecular flexibility index (Phi) is 3.79. The van der Waals surface area contributed by atoms with E-state index in [-0.39, 0.29) is 0 Å². The molecule has 1 N–H and O–H groups in total. The maximum absolute atomic E-state index is 3.60. The number of benzene rings is 1. The first-order valence-electron chi connectivity index (χ1n) is 7.76. The van der Waals surface area contributed by atoms with Gasteiger partial charge in [0.05, 0.1) is 0 Å². The minimum atomic E-state index is 0.792. The van der Waals surface area contributed by atoms with E-state index < -0.39 is 0 Å². The summed E-state index contributed by atoms with van der Waals surface area (Å²) in [5.74, 6) is 0.932. The number of nitrogens with zero attached hydrogens (tertiary/aromatic N) is 1. The van der Waals surface area contributed by atoms with Crippen LogP contribution >= 0.6 is 0 Å². The molecule has 2 saturated carbocycles. The molecule has 0 atom stereocenters. The van der Waals surface area contributed by atoms with Crippen LogP contribution in [0.1, 0.15) is 43.2 Å².